The Balaban J connectivity index is 1.28. The average Bonchev–Trinajstić information content (AvgIpc) is 2.90. The summed E-state index contributed by atoms with van der Waals surface area (Å²) < 4.78 is 0. The largest absolute Gasteiger partial charge is 0.384 e. The highest BCUT2D eigenvalue weighted by molar-refractivity contribution is 5.60. The van der Waals surface area contributed by atoms with E-state index in [2.05, 4.69) is 34.5 Å². The van der Waals surface area contributed by atoms with Gasteiger partial charge in [0.2, 0.25) is 0 Å². The number of nitrogens with zero attached hydrogens (tertiary/aromatic N) is 1. The van der Waals surface area contributed by atoms with Crippen LogP contribution in [0.15, 0.2) is 24.3 Å². The van der Waals surface area contributed by atoms with Crippen LogP contribution in [0.25, 0.3) is 0 Å². The van der Waals surface area contributed by atoms with Gasteiger partial charge in [0.15, 0.2) is 0 Å². The number of para-hydroxylation sites is 1. The zero-order valence-corrected chi connectivity index (χ0v) is 13.6. The van der Waals surface area contributed by atoms with Crippen LogP contribution in [0.3, 0.4) is 0 Å². The Labute approximate surface area is 134 Å². The van der Waals surface area contributed by atoms with Crippen LogP contribution < -0.4 is 5.32 Å². The third-order valence-electron chi connectivity index (χ3n) is 7.35. The number of hydrogen-bond donors (Lipinski definition) is 1. The smallest absolute Gasteiger partial charge is 0.0379 e. The van der Waals surface area contributed by atoms with E-state index in [1.165, 1.54) is 63.7 Å². The molecular formula is C20H28N2. The minimum absolute atomic E-state index is 0.433. The number of nitrogens with one attached hydrogen (secondary N) is 1. The van der Waals surface area contributed by atoms with Crippen molar-refractivity contribution in [2.75, 3.05) is 25.0 Å². The third-order valence-corrected chi connectivity index (χ3v) is 7.35. The first kappa shape index (κ1) is 13.4. The van der Waals surface area contributed by atoms with Crippen LogP contribution in [0.5, 0.6) is 0 Å². The SMILES string of the molecule is c1ccc2c(c1)NCC21CCN(C2CC3CCCCC32)CC1. The maximum Gasteiger partial charge on any atom is 0.0379 e. The minimum atomic E-state index is 0.433. The van der Waals surface area contributed by atoms with E-state index >= 15 is 0 Å². The number of likely N-dealkylation sites (tertiary alicyclic amines) is 1. The summed E-state index contributed by atoms with van der Waals surface area (Å²) in [6, 6.07) is 9.95. The van der Waals surface area contributed by atoms with Crippen molar-refractivity contribution in [3.63, 3.8) is 0 Å². The molecule has 0 amide bonds. The summed E-state index contributed by atoms with van der Waals surface area (Å²) in [5.41, 5.74) is 3.42. The van der Waals surface area contributed by atoms with Gasteiger partial charge in [-0.1, -0.05) is 37.5 Å². The Morgan fingerprint density at radius 1 is 1.05 bits per heavy atom. The van der Waals surface area contributed by atoms with E-state index in [9.17, 15) is 0 Å². The van der Waals surface area contributed by atoms with Gasteiger partial charge >= 0.3 is 0 Å². The van der Waals surface area contributed by atoms with E-state index < -0.39 is 0 Å². The van der Waals surface area contributed by atoms with E-state index in [-0.39, 0.29) is 0 Å². The summed E-state index contributed by atoms with van der Waals surface area (Å²) in [4.78, 5) is 2.86. The summed E-state index contributed by atoms with van der Waals surface area (Å²) in [5.74, 6) is 2.14. The lowest BCUT2D eigenvalue weighted by molar-refractivity contribution is -0.0378. The topological polar surface area (TPSA) is 15.3 Å². The molecule has 4 aliphatic rings. The molecule has 0 aromatic heterocycles. The van der Waals surface area contributed by atoms with Crippen LogP contribution in [0.1, 0.15) is 50.5 Å². The molecule has 2 aliphatic carbocycles. The van der Waals surface area contributed by atoms with Gasteiger partial charge in [0.25, 0.3) is 0 Å². The lowest BCUT2D eigenvalue weighted by atomic mass is 9.61. The Bertz CT molecular complexity index is 559. The fourth-order valence-electron chi connectivity index (χ4n) is 5.93. The molecule has 22 heavy (non-hydrogen) atoms. The Hall–Kier alpha value is -1.02. The predicted octanol–water partition coefficient (Wildman–Crippen LogP) is 4.02. The first-order chi connectivity index (χ1) is 10.9. The van der Waals surface area contributed by atoms with Crippen molar-refractivity contribution in [1.29, 1.82) is 0 Å². The normalized spacial score (nSPS) is 36.3. The molecule has 3 fully saturated rings. The molecule has 0 bridgehead atoms. The Morgan fingerprint density at radius 2 is 1.86 bits per heavy atom. The van der Waals surface area contributed by atoms with Crippen LogP contribution in [-0.4, -0.2) is 30.6 Å². The average molecular weight is 296 g/mol. The van der Waals surface area contributed by atoms with Gasteiger partial charge in [-0.05, 0) is 62.2 Å². The van der Waals surface area contributed by atoms with Gasteiger partial charge in [-0.2, -0.15) is 0 Å². The summed E-state index contributed by atoms with van der Waals surface area (Å²) >= 11 is 0. The number of fused-ring (bicyclic) bond motifs is 3. The number of rotatable bonds is 1. The highest BCUT2D eigenvalue weighted by Crippen LogP contribution is 2.50. The molecular weight excluding hydrogens is 268 g/mol. The summed E-state index contributed by atoms with van der Waals surface area (Å²) in [7, 11) is 0. The Kier molecular flexibility index (Phi) is 3.04. The number of benzene rings is 1. The second kappa shape index (κ2) is 4.99. The lowest BCUT2D eigenvalue weighted by Crippen LogP contribution is -2.57. The van der Waals surface area contributed by atoms with E-state index in [1.807, 2.05) is 0 Å². The van der Waals surface area contributed by atoms with E-state index in [0.717, 1.165) is 24.4 Å². The lowest BCUT2D eigenvalue weighted by Gasteiger charge is -2.55. The fraction of sp³-hybridized carbons (Fsp3) is 0.700. The number of hydrogen-bond acceptors (Lipinski definition) is 2. The van der Waals surface area contributed by atoms with Crippen molar-refractivity contribution in [2.24, 2.45) is 11.8 Å². The van der Waals surface area contributed by atoms with Crippen molar-refractivity contribution in [2.45, 2.75) is 56.4 Å². The molecule has 2 heteroatoms. The van der Waals surface area contributed by atoms with E-state index in [4.69, 9.17) is 0 Å². The quantitative estimate of drug-likeness (QED) is 0.842. The molecule has 2 heterocycles. The summed E-state index contributed by atoms with van der Waals surface area (Å²) in [5, 5.41) is 3.66. The second-order valence-electron chi connectivity index (χ2n) is 8.23. The highest BCUT2D eigenvalue weighted by atomic mass is 15.2. The molecule has 2 saturated carbocycles. The molecule has 2 aliphatic heterocycles. The molecule has 0 radical (unpaired) electrons. The molecule has 1 N–H and O–H groups in total. The first-order valence-corrected chi connectivity index (χ1v) is 9.43. The van der Waals surface area contributed by atoms with Crippen LogP contribution in [-0.2, 0) is 5.41 Å². The molecule has 3 unspecified atom stereocenters. The summed E-state index contributed by atoms with van der Waals surface area (Å²) in [6.07, 6.45) is 10.2. The van der Waals surface area contributed by atoms with Crippen LogP contribution in [0, 0.1) is 11.8 Å². The van der Waals surface area contributed by atoms with Gasteiger partial charge in [0.05, 0.1) is 0 Å². The molecule has 1 spiro atoms. The van der Waals surface area contributed by atoms with Crippen molar-refractivity contribution in [1.82, 2.24) is 4.90 Å². The number of anilines is 1. The Morgan fingerprint density at radius 3 is 2.73 bits per heavy atom. The molecule has 1 saturated heterocycles. The molecule has 118 valence electrons. The standard InChI is InChI=1S/C20H28N2/c1-2-6-16-15(5-1)13-19(16)22-11-9-20(10-12-22)14-21-18-8-4-3-7-17(18)20/h3-4,7-8,15-16,19,21H,1-2,5-6,9-14H2. The van der Waals surface area contributed by atoms with Crippen molar-refractivity contribution >= 4 is 5.69 Å². The van der Waals surface area contributed by atoms with Crippen LogP contribution in [0.2, 0.25) is 0 Å². The zero-order valence-electron chi connectivity index (χ0n) is 13.6. The van der Waals surface area contributed by atoms with Crippen LogP contribution in [0.4, 0.5) is 5.69 Å². The molecule has 1 aromatic carbocycles. The third kappa shape index (κ3) is 1.89. The van der Waals surface area contributed by atoms with Gasteiger partial charge in [-0.3, -0.25) is 0 Å². The number of piperidine rings is 1. The van der Waals surface area contributed by atoms with Crippen LogP contribution >= 0.6 is 0 Å². The monoisotopic (exact) mass is 296 g/mol. The molecule has 3 atom stereocenters. The van der Waals surface area contributed by atoms with Crippen molar-refractivity contribution in [3.05, 3.63) is 29.8 Å². The predicted molar refractivity (Wildman–Crippen MR) is 91.3 cm³/mol. The zero-order chi connectivity index (χ0) is 14.6. The fourth-order valence-corrected chi connectivity index (χ4v) is 5.93. The van der Waals surface area contributed by atoms with Crippen molar-refractivity contribution < 1.29 is 0 Å². The minimum Gasteiger partial charge on any atom is -0.384 e. The highest BCUT2D eigenvalue weighted by Gasteiger charge is 2.48. The van der Waals surface area contributed by atoms with Gasteiger partial charge in [-0.15, -0.1) is 0 Å². The second-order valence-corrected chi connectivity index (χ2v) is 8.23. The maximum absolute atomic E-state index is 3.66. The molecule has 1 aromatic rings. The maximum atomic E-state index is 3.66. The van der Waals surface area contributed by atoms with Gasteiger partial charge < -0.3 is 10.2 Å². The summed E-state index contributed by atoms with van der Waals surface area (Å²) in [6.45, 7) is 3.81. The van der Waals surface area contributed by atoms with Gasteiger partial charge in [-0.25, -0.2) is 0 Å². The van der Waals surface area contributed by atoms with E-state index in [0.29, 0.717) is 5.41 Å². The van der Waals surface area contributed by atoms with Crippen molar-refractivity contribution in [3.8, 4) is 0 Å². The van der Waals surface area contributed by atoms with E-state index in [1.54, 1.807) is 5.56 Å². The first-order valence-electron chi connectivity index (χ1n) is 9.43. The molecule has 2 nitrogen and oxygen atoms in total. The van der Waals surface area contributed by atoms with Gasteiger partial charge in [0, 0.05) is 23.7 Å². The van der Waals surface area contributed by atoms with Gasteiger partial charge in [0.1, 0.15) is 0 Å². The molecule has 5 rings (SSSR count).